The van der Waals surface area contributed by atoms with E-state index in [1.807, 2.05) is 0 Å². The molecule has 0 spiro atoms. The van der Waals surface area contributed by atoms with E-state index in [1.165, 1.54) is 0 Å². The number of carbonyl (C=O) groups is 1. The van der Waals surface area contributed by atoms with Crippen molar-refractivity contribution in [3.63, 3.8) is 0 Å². The van der Waals surface area contributed by atoms with Gasteiger partial charge in [-0.1, -0.05) is 0 Å². The van der Waals surface area contributed by atoms with Gasteiger partial charge in [0.25, 0.3) is 0 Å². The Bertz CT molecular complexity index is 171. The topological polar surface area (TPSA) is 32.3 Å². The molecule has 3 nitrogen and oxygen atoms in total. The van der Waals surface area contributed by atoms with Gasteiger partial charge >= 0.3 is 0 Å². The second kappa shape index (κ2) is 3.44. The fourth-order valence-electron chi connectivity index (χ4n) is 1.66. The summed E-state index contributed by atoms with van der Waals surface area (Å²) in [6.45, 7) is 5.87. The maximum Gasteiger partial charge on any atom is 0.217 e. The maximum absolute atomic E-state index is 10.9. The molecule has 3 heteroatoms. The lowest BCUT2D eigenvalue weighted by Gasteiger charge is -2.38. The molecule has 0 saturated carbocycles. The molecule has 0 aromatic rings. The monoisotopic (exact) mass is 170 g/mol. The molecule has 0 bridgehead atoms. The average molecular weight is 170 g/mol. The standard InChI is InChI=1S/C9H18N2O/c1-8(12)10-9(2)4-6-11(3)7-5-9/h4-7H2,1-3H3,(H,10,12). The number of nitrogens with one attached hydrogen (secondary N) is 1. The summed E-state index contributed by atoms with van der Waals surface area (Å²) in [5.74, 6) is 0.0852. The van der Waals surface area contributed by atoms with Crippen LogP contribution in [0.1, 0.15) is 26.7 Å². The minimum atomic E-state index is 0.0400. The van der Waals surface area contributed by atoms with E-state index in [0.717, 1.165) is 25.9 Å². The van der Waals surface area contributed by atoms with Crippen LogP contribution in [0.2, 0.25) is 0 Å². The molecule has 0 atom stereocenters. The van der Waals surface area contributed by atoms with Gasteiger partial charge in [-0.3, -0.25) is 4.79 Å². The van der Waals surface area contributed by atoms with Crippen LogP contribution in [-0.2, 0) is 4.79 Å². The Morgan fingerprint density at radius 3 is 2.33 bits per heavy atom. The summed E-state index contributed by atoms with van der Waals surface area (Å²) in [5.41, 5.74) is 0.0400. The fraction of sp³-hybridized carbons (Fsp3) is 0.889. The quantitative estimate of drug-likeness (QED) is 0.625. The number of carbonyl (C=O) groups excluding carboxylic acids is 1. The summed E-state index contributed by atoms with van der Waals surface area (Å²) in [4.78, 5) is 13.2. The molecule has 1 fully saturated rings. The van der Waals surface area contributed by atoms with Gasteiger partial charge in [0, 0.05) is 25.6 Å². The molecule has 1 heterocycles. The van der Waals surface area contributed by atoms with Gasteiger partial charge < -0.3 is 10.2 Å². The molecule has 1 saturated heterocycles. The first-order valence-electron chi connectivity index (χ1n) is 4.49. The third kappa shape index (κ3) is 2.48. The normalized spacial score (nSPS) is 23.6. The number of hydrogen-bond acceptors (Lipinski definition) is 2. The van der Waals surface area contributed by atoms with E-state index in [1.54, 1.807) is 6.92 Å². The van der Waals surface area contributed by atoms with Crippen LogP contribution in [0.3, 0.4) is 0 Å². The molecule has 70 valence electrons. The summed E-state index contributed by atoms with van der Waals surface area (Å²) in [6, 6.07) is 0. The highest BCUT2D eigenvalue weighted by molar-refractivity contribution is 5.73. The number of rotatable bonds is 1. The smallest absolute Gasteiger partial charge is 0.217 e. The van der Waals surface area contributed by atoms with Gasteiger partial charge in [0.05, 0.1) is 0 Å². The van der Waals surface area contributed by atoms with Crippen molar-refractivity contribution in [1.82, 2.24) is 10.2 Å². The van der Waals surface area contributed by atoms with Crippen molar-refractivity contribution in [2.75, 3.05) is 20.1 Å². The Labute approximate surface area is 74.1 Å². The second-order valence-corrected chi connectivity index (χ2v) is 4.05. The van der Waals surface area contributed by atoms with Gasteiger partial charge in [-0.05, 0) is 26.8 Å². The zero-order valence-corrected chi connectivity index (χ0v) is 8.18. The number of nitrogens with zero attached hydrogens (tertiary/aromatic N) is 1. The number of amides is 1. The Morgan fingerprint density at radius 2 is 1.92 bits per heavy atom. The minimum Gasteiger partial charge on any atom is -0.351 e. The van der Waals surface area contributed by atoms with Gasteiger partial charge in [0.2, 0.25) is 5.91 Å². The number of likely N-dealkylation sites (tertiary alicyclic amines) is 1. The first-order valence-corrected chi connectivity index (χ1v) is 4.49. The van der Waals surface area contributed by atoms with Crippen LogP contribution in [-0.4, -0.2) is 36.5 Å². The van der Waals surface area contributed by atoms with E-state index in [9.17, 15) is 4.79 Å². The van der Waals surface area contributed by atoms with Crippen molar-refractivity contribution in [3.8, 4) is 0 Å². The van der Waals surface area contributed by atoms with E-state index >= 15 is 0 Å². The van der Waals surface area contributed by atoms with E-state index in [-0.39, 0.29) is 11.4 Å². The Balaban J connectivity index is 2.44. The minimum absolute atomic E-state index is 0.0400. The molecule has 12 heavy (non-hydrogen) atoms. The zero-order valence-electron chi connectivity index (χ0n) is 8.18. The van der Waals surface area contributed by atoms with E-state index in [2.05, 4.69) is 24.2 Å². The van der Waals surface area contributed by atoms with Crippen molar-refractivity contribution in [2.45, 2.75) is 32.2 Å². The molecular formula is C9H18N2O. The first-order chi connectivity index (χ1) is 5.52. The highest BCUT2D eigenvalue weighted by atomic mass is 16.1. The van der Waals surface area contributed by atoms with Crippen LogP contribution in [0.5, 0.6) is 0 Å². The van der Waals surface area contributed by atoms with Gasteiger partial charge in [0.15, 0.2) is 0 Å². The van der Waals surface area contributed by atoms with E-state index < -0.39 is 0 Å². The predicted octanol–water partition coefficient (Wildman–Crippen LogP) is 0.607. The molecule has 1 aliphatic rings. The van der Waals surface area contributed by atoms with Crippen LogP contribution in [0.25, 0.3) is 0 Å². The van der Waals surface area contributed by atoms with Gasteiger partial charge in [-0.15, -0.1) is 0 Å². The molecule has 0 aliphatic carbocycles. The van der Waals surface area contributed by atoms with Gasteiger partial charge in [-0.25, -0.2) is 0 Å². The third-order valence-corrected chi connectivity index (χ3v) is 2.57. The van der Waals surface area contributed by atoms with Crippen LogP contribution >= 0.6 is 0 Å². The van der Waals surface area contributed by atoms with Crippen LogP contribution < -0.4 is 5.32 Å². The van der Waals surface area contributed by atoms with Gasteiger partial charge in [0.1, 0.15) is 0 Å². The summed E-state index contributed by atoms with van der Waals surface area (Å²) >= 11 is 0. The average Bonchev–Trinajstić information content (AvgIpc) is 1.94. The van der Waals surface area contributed by atoms with Crippen LogP contribution in [0, 0.1) is 0 Å². The second-order valence-electron chi connectivity index (χ2n) is 4.05. The fourth-order valence-corrected chi connectivity index (χ4v) is 1.66. The molecule has 1 aliphatic heterocycles. The van der Waals surface area contributed by atoms with Crippen molar-refractivity contribution in [2.24, 2.45) is 0 Å². The first kappa shape index (κ1) is 9.52. The summed E-state index contributed by atoms with van der Waals surface area (Å²) < 4.78 is 0. The molecule has 0 aromatic carbocycles. The predicted molar refractivity (Wildman–Crippen MR) is 49.0 cm³/mol. The SMILES string of the molecule is CC(=O)NC1(C)CCN(C)CC1. The molecule has 0 unspecified atom stereocenters. The van der Waals surface area contributed by atoms with Crippen molar-refractivity contribution >= 4 is 5.91 Å². The zero-order chi connectivity index (χ0) is 9.19. The van der Waals surface area contributed by atoms with Gasteiger partial charge in [-0.2, -0.15) is 0 Å². The van der Waals surface area contributed by atoms with Crippen molar-refractivity contribution < 1.29 is 4.79 Å². The molecule has 1 N–H and O–H groups in total. The number of piperidine rings is 1. The summed E-state index contributed by atoms with van der Waals surface area (Å²) in [7, 11) is 2.12. The van der Waals surface area contributed by atoms with Crippen molar-refractivity contribution in [3.05, 3.63) is 0 Å². The largest absolute Gasteiger partial charge is 0.351 e. The van der Waals surface area contributed by atoms with E-state index in [4.69, 9.17) is 0 Å². The lowest BCUT2D eigenvalue weighted by molar-refractivity contribution is -0.121. The highest BCUT2D eigenvalue weighted by Gasteiger charge is 2.28. The molecule has 1 amide bonds. The Kier molecular flexibility index (Phi) is 2.73. The lowest BCUT2D eigenvalue weighted by atomic mass is 9.90. The van der Waals surface area contributed by atoms with Crippen LogP contribution in [0.4, 0.5) is 0 Å². The van der Waals surface area contributed by atoms with Crippen LogP contribution in [0.15, 0.2) is 0 Å². The van der Waals surface area contributed by atoms with Crippen molar-refractivity contribution in [1.29, 1.82) is 0 Å². The molecule has 0 aromatic heterocycles. The third-order valence-electron chi connectivity index (χ3n) is 2.57. The molecular weight excluding hydrogens is 152 g/mol. The number of hydrogen-bond donors (Lipinski definition) is 1. The maximum atomic E-state index is 10.9. The highest BCUT2D eigenvalue weighted by Crippen LogP contribution is 2.20. The summed E-state index contributed by atoms with van der Waals surface area (Å²) in [6.07, 6.45) is 2.12. The Morgan fingerprint density at radius 1 is 1.42 bits per heavy atom. The van der Waals surface area contributed by atoms with E-state index in [0.29, 0.717) is 0 Å². The summed E-state index contributed by atoms with van der Waals surface area (Å²) in [5, 5.41) is 3.01. The Hall–Kier alpha value is -0.570. The molecule has 1 rings (SSSR count). The molecule has 0 radical (unpaired) electrons. The lowest BCUT2D eigenvalue weighted by Crippen LogP contribution is -2.52.